The Kier molecular flexibility index (Phi) is 3.26. The fourth-order valence-electron chi connectivity index (χ4n) is 1.36. The zero-order valence-corrected chi connectivity index (χ0v) is 11.3. The summed E-state index contributed by atoms with van der Waals surface area (Å²) < 4.78 is 0.755. The fraction of sp³-hybridized carbons (Fsp3) is 0.167. The summed E-state index contributed by atoms with van der Waals surface area (Å²) in [6.45, 7) is 3.94. The Balaban J connectivity index is 2.52. The highest BCUT2D eigenvalue weighted by atomic mass is 79.9. The third-order valence-electron chi connectivity index (χ3n) is 2.29. The molecule has 0 aliphatic heterocycles. The smallest absolute Gasteiger partial charge is 0.161 e. The molecule has 0 radical (unpaired) electrons. The van der Waals surface area contributed by atoms with Gasteiger partial charge in [0.15, 0.2) is 5.82 Å². The van der Waals surface area contributed by atoms with Gasteiger partial charge in [0.25, 0.3) is 0 Å². The van der Waals surface area contributed by atoms with E-state index in [0.717, 1.165) is 15.7 Å². The van der Waals surface area contributed by atoms with E-state index in [1.54, 1.807) is 0 Å². The van der Waals surface area contributed by atoms with Crippen LogP contribution in [0.2, 0.25) is 5.15 Å². The molecule has 0 amide bonds. The van der Waals surface area contributed by atoms with E-state index in [1.165, 1.54) is 5.56 Å². The van der Waals surface area contributed by atoms with Crippen LogP contribution in [0.5, 0.6) is 0 Å². The summed E-state index contributed by atoms with van der Waals surface area (Å²) >= 11 is 9.34. The molecule has 1 heterocycles. The van der Waals surface area contributed by atoms with E-state index in [9.17, 15) is 0 Å². The second kappa shape index (κ2) is 4.52. The second-order valence-electron chi connectivity index (χ2n) is 3.60. The van der Waals surface area contributed by atoms with Crippen molar-refractivity contribution in [1.29, 1.82) is 0 Å². The van der Waals surface area contributed by atoms with Crippen LogP contribution in [0, 0.1) is 13.8 Å². The molecule has 1 aromatic heterocycles. The Morgan fingerprint density at radius 2 is 1.69 bits per heavy atom. The monoisotopic (exact) mass is 296 g/mol. The molecule has 0 spiro atoms. The Bertz CT molecular complexity index is 500. The number of hydrogen-bond donors (Lipinski definition) is 0. The number of halogens is 2. The summed E-state index contributed by atoms with van der Waals surface area (Å²) in [6, 6.07) is 8.05. The lowest BCUT2D eigenvalue weighted by Crippen LogP contribution is -1.94. The SMILES string of the molecule is Cc1ccc(-c2nc(C)c(Br)c(Cl)n2)cc1. The minimum atomic E-state index is 0.447. The molecule has 0 N–H and O–H groups in total. The van der Waals surface area contributed by atoms with Crippen LogP contribution in [0.1, 0.15) is 11.3 Å². The van der Waals surface area contributed by atoms with E-state index in [2.05, 4.69) is 25.9 Å². The van der Waals surface area contributed by atoms with Crippen molar-refractivity contribution in [3.63, 3.8) is 0 Å². The minimum absolute atomic E-state index is 0.447. The molecule has 0 fully saturated rings. The van der Waals surface area contributed by atoms with E-state index < -0.39 is 0 Å². The Hall–Kier alpha value is -0.930. The van der Waals surface area contributed by atoms with Gasteiger partial charge in [-0.25, -0.2) is 9.97 Å². The fourth-order valence-corrected chi connectivity index (χ4v) is 1.75. The molecule has 82 valence electrons. The molecule has 1 aromatic carbocycles. The molecule has 0 aliphatic carbocycles. The van der Waals surface area contributed by atoms with Crippen molar-refractivity contribution in [3.05, 3.63) is 45.1 Å². The van der Waals surface area contributed by atoms with Crippen LogP contribution in [0.3, 0.4) is 0 Å². The number of aryl methyl sites for hydroxylation is 2. The lowest BCUT2D eigenvalue weighted by molar-refractivity contribution is 1.09. The second-order valence-corrected chi connectivity index (χ2v) is 4.75. The van der Waals surface area contributed by atoms with Crippen LogP contribution < -0.4 is 0 Å². The molecule has 4 heteroatoms. The van der Waals surface area contributed by atoms with Crippen LogP contribution in [0.4, 0.5) is 0 Å². The molecule has 0 bridgehead atoms. The van der Waals surface area contributed by atoms with Crippen molar-refractivity contribution in [3.8, 4) is 11.4 Å². The summed E-state index contributed by atoms with van der Waals surface area (Å²) in [4.78, 5) is 8.63. The predicted molar refractivity (Wildman–Crippen MR) is 69.7 cm³/mol. The van der Waals surface area contributed by atoms with E-state index in [4.69, 9.17) is 11.6 Å². The van der Waals surface area contributed by atoms with Crippen molar-refractivity contribution in [2.24, 2.45) is 0 Å². The normalized spacial score (nSPS) is 10.5. The molecule has 0 atom stereocenters. The third-order valence-corrected chi connectivity index (χ3v) is 3.74. The number of nitrogens with zero attached hydrogens (tertiary/aromatic N) is 2. The van der Waals surface area contributed by atoms with Crippen molar-refractivity contribution < 1.29 is 0 Å². The van der Waals surface area contributed by atoms with Crippen LogP contribution >= 0.6 is 27.5 Å². The molecular weight excluding hydrogens is 288 g/mol. The number of rotatable bonds is 1. The van der Waals surface area contributed by atoms with Gasteiger partial charge in [0.2, 0.25) is 0 Å². The van der Waals surface area contributed by atoms with Gasteiger partial charge >= 0.3 is 0 Å². The quantitative estimate of drug-likeness (QED) is 0.738. The van der Waals surface area contributed by atoms with E-state index >= 15 is 0 Å². The van der Waals surface area contributed by atoms with E-state index in [0.29, 0.717) is 11.0 Å². The van der Waals surface area contributed by atoms with Gasteiger partial charge in [-0.2, -0.15) is 0 Å². The lowest BCUT2D eigenvalue weighted by Gasteiger charge is -2.05. The van der Waals surface area contributed by atoms with Crippen LogP contribution in [0.15, 0.2) is 28.7 Å². The van der Waals surface area contributed by atoms with Crippen molar-refractivity contribution in [2.45, 2.75) is 13.8 Å². The first-order valence-electron chi connectivity index (χ1n) is 4.84. The first-order chi connectivity index (χ1) is 7.58. The average molecular weight is 298 g/mol. The molecule has 0 saturated heterocycles. The molecule has 0 unspecified atom stereocenters. The van der Waals surface area contributed by atoms with E-state index in [1.807, 2.05) is 38.1 Å². The lowest BCUT2D eigenvalue weighted by atomic mass is 10.1. The van der Waals surface area contributed by atoms with Gasteiger partial charge in [-0.1, -0.05) is 41.4 Å². The minimum Gasteiger partial charge on any atom is -0.232 e. The third kappa shape index (κ3) is 2.25. The van der Waals surface area contributed by atoms with Crippen LogP contribution in [0.25, 0.3) is 11.4 Å². The van der Waals surface area contributed by atoms with Gasteiger partial charge in [0.05, 0.1) is 10.2 Å². The highest BCUT2D eigenvalue weighted by Gasteiger charge is 2.08. The molecule has 2 rings (SSSR count). The summed E-state index contributed by atoms with van der Waals surface area (Å²) in [6.07, 6.45) is 0. The highest BCUT2D eigenvalue weighted by molar-refractivity contribution is 9.10. The van der Waals surface area contributed by atoms with Crippen molar-refractivity contribution >= 4 is 27.5 Å². The maximum absolute atomic E-state index is 6.00. The average Bonchev–Trinajstić information content (AvgIpc) is 2.26. The van der Waals surface area contributed by atoms with Crippen LogP contribution in [-0.4, -0.2) is 9.97 Å². The Labute approximate surface area is 108 Å². The highest BCUT2D eigenvalue weighted by Crippen LogP contribution is 2.26. The topological polar surface area (TPSA) is 25.8 Å². The Morgan fingerprint density at radius 1 is 1.06 bits per heavy atom. The maximum atomic E-state index is 6.00. The summed E-state index contributed by atoms with van der Waals surface area (Å²) in [7, 11) is 0. The first-order valence-corrected chi connectivity index (χ1v) is 6.01. The van der Waals surface area contributed by atoms with Gasteiger partial charge in [-0.05, 0) is 29.8 Å². The standard InChI is InChI=1S/C12H10BrClN2/c1-7-3-5-9(6-4-7)12-15-8(2)10(13)11(14)16-12/h3-6H,1-2H3. The van der Waals surface area contributed by atoms with Gasteiger partial charge in [0.1, 0.15) is 5.15 Å². The summed E-state index contributed by atoms with van der Waals surface area (Å²) in [5, 5.41) is 0.447. The van der Waals surface area contributed by atoms with Gasteiger partial charge in [-0.3, -0.25) is 0 Å². The van der Waals surface area contributed by atoms with Gasteiger partial charge in [-0.15, -0.1) is 0 Å². The molecule has 16 heavy (non-hydrogen) atoms. The zero-order valence-electron chi connectivity index (χ0n) is 8.96. The Morgan fingerprint density at radius 3 is 2.25 bits per heavy atom. The number of aromatic nitrogens is 2. The predicted octanol–water partition coefficient (Wildman–Crippen LogP) is 4.18. The maximum Gasteiger partial charge on any atom is 0.161 e. The molecule has 0 aliphatic rings. The van der Waals surface area contributed by atoms with Crippen molar-refractivity contribution in [1.82, 2.24) is 9.97 Å². The number of benzene rings is 1. The van der Waals surface area contributed by atoms with Crippen molar-refractivity contribution in [2.75, 3.05) is 0 Å². The number of hydrogen-bond acceptors (Lipinski definition) is 2. The molecule has 2 aromatic rings. The molecule has 0 saturated carbocycles. The van der Waals surface area contributed by atoms with Gasteiger partial charge < -0.3 is 0 Å². The molecule has 2 nitrogen and oxygen atoms in total. The molecular formula is C12H10BrClN2. The zero-order chi connectivity index (χ0) is 11.7. The van der Waals surface area contributed by atoms with Gasteiger partial charge in [0, 0.05) is 5.56 Å². The van der Waals surface area contributed by atoms with E-state index in [-0.39, 0.29) is 0 Å². The largest absolute Gasteiger partial charge is 0.232 e. The summed E-state index contributed by atoms with van der Waals surface area (Å²) in [5.74, 6) is 0.658. The van der Waals surface area contributed by atoms with Crippen LogP contribution in [-0.2, 0) is 0 Å². The first kappa shape index (κ1) is 11.6. The summed E-state index contributed by atoms with van der Waals surface area (Å²) in [5.41, 5.74) is 3.03.